The van der Waals surface area contributed by atoms with Gasteiger partial charge in [0.15, 0.2) is 0 Å². The molecule has 3 rings (SSSR count). The molecule has 1 heterocycles. The maximum Gasteiger partial charge on any atom is 0.254 e. The number of morpholine rings is 1. The fourth-order valence-electron chi connectivity index (χ4n) is 2.98. The number of carbonyl (C=O) groups excluding carboxylic acids is 1. The quantitative estimate of drug-likeness (QED) is 0.848. The van der Waals surface area contributed by atoms with E-state index in [9.17, 15) is 4.79 Å². The number of aryl methyl sites for hydroxylation is 2. The van der Waals surface area contributed by atoms with E-state index in [0.717, 1.165) is 22.3 Å². The minimum Gasteiger partial charge on any atom is -0.370 e. The van der Waals surface area contributed by atoms with Crippen molar-refractivity contribution in [3.8, 4) is 0 Å². The molecule has 1 atom stereocenters. The molecule has 0 aromatic heterocycles. The van der Waals surface area contributed by atoms with Gasteiger partial charge in [0.1, 0.15) is 6.10 Å². The lowest BCUT2D eigenvalue weighted by Crippen LogP contribution is -2.42. The number of hydrogen-bond acceptors (Lipinski definition) is 2. The molecule has 2 aromatic rings. The van der Waals surface area contributed by atoms with Gasteiger partial charge < -0.3 is 9.64 Å². The number of hydrogen-bond donors (Lipinski definition) is 0. The molecule has 0 N–H and O–H groups in total. The summed E-state index contributed by atoms with van der Waals surface area (Å²) in [6.07, 6.45) is -0.0372. The molecule has 22 heavy (non-hydrogen) atoms. The van der Waals surface area contributed by atoms with Gasteiger partial charge in [-0.15, -0.1) is 0 Å². The Labute approximate surface area is 131 Å². The fraction of sp³-hybridized carbons (Fsp3) is 0.316. The highest BCUT2D eigenvalue weighted by molar-refractivity contribution is 5.94. The van der Waals surface area contributed by atoms with E-state index in [4.69, 9.17) is 4.74 Å². The van der Waals surface area contributed by atoms with Gasteiger partial charge in [-0.1, -0.05) is 47.5 Å². The molecule has 1 aliphatic rings. The Balaban J connectivity index is 1.78. The predicted molar refractivity (Wildman–Crippen MR) is 87.0 cm³/mol. The first-order valence-electron chi connectivity index (χ1n) is 7.67. The minimum absolute atomic E-state index is 0.0372. The van der Waals surface area contributed by atoms with E-state index in [1.165, 1.54) is 0 Å². The van der Waals surface area contributed by atoms with Crippen LogP contribution < -0.4 is 0 Å². The molecule has 0 spiro atoms. The van der Waals surface area contributed by atoms with Crippen LogP contribution in [0, 0.1) is 13.8 Å². The molecule has 1 unspecified atom stereocenters. The van der Waals surface area contributed by atoms with Gasteiger partial charge in [-0.25, -0.2) is 0 Å². The van der Waals surface area contributed by atoms with Crippen molar-refractivity contribution in [1.29, 1.82) is 0 Å². The lowest BCUT2D eigenvalue weighted by Gasteiger charge is -2.33. The van der Waals surface area contributed by atoms with Crippen LogP contribution >= 0.6 is 0 Å². The van der Waals surface area contributed by atoms with Crippen LogP contribution in [0.4, 0.5) is 0 Å². The van der Waals surface area contributed by atoms with Crippen molar-refractivity contribution in [2.24, 2.45) is 0 Å². The van der Waals surface area contributed by atoms with E-state index >= 15 is 0 Å². The summed E-state index contributed by atoms with van der Waals surface area (Å²) >= 11 is 0. The topological polar surface area (TPSA) is 29.5 Å². The highest BCUT2D eigenvalue weighted by Crippen LogP contribution is 2.23. The van der Waals surface area contributed by atoms with Crippen LogP contribution in [-0.2, 0) is 4.74 Å². The Morgan fingerprint density at radius 3 is 2.45 bits per heavy atom. The zero-order chi connectivity index (χ0) is 15.5. The Morgan fingerprint density at radius 2 is 1.77 bits per heavy atom. The second-order valence-corrected chi connectivity index (χ2v) is 5.90. The van der Waals surface area contributed by atoms with E-state index in [0.29, 0.717) is 19.7 Å². The number of benzene rings is 2. The maximum atomic E-state index is 12.8. The summed E-state index contributed by atoms with van der Waals surface area (Å²) < 4.78 is 5.83. The van der Waals surface area contributed by atoms with Crippen LogP contribution in [-0.4, -0.2) is 30.5 Å². The van der Waals surface area contributed by atoms with Crippen molar-refractivity contribution in [2.45, 2.75) is 20.0 Å². The van der Waals surface area contributed by atoms with Crippen molar-refractivity contribution < 1.29 is 9.53 Å². The summed E-state index contributed by atoms with van der Waals surface area (Å²) in [6, 6.07) is 16.1. The SMILES string of the molecule is Cc1cc(C)cc(C(=O)N2CCOC(c3ccccc3)C2)c1. The van der Waals surface area contributed by atoms with Gasteiger partial charge in [0, 0.05) is 12.1 Å². The van der Waals surface area contributed by atoms with Gasteiger partial charge in [-0.05, 0) is 31.5 Å². The van der Waals surface area contributed by atoms with Gasteiger partial charge in [0.2, 0.25) is 0 Å². The minimum atomic E-state index is -0.0372. The highest BCUT2D eigenvalue weighted by Gasteiger charge is 2.26. The van der Waals surface area contributed by atoms with E-state index in [1.54, 1.807) is 0 Å². The van der Waals surface area contributed by atoms with Crippen molar-refractivity contribution in [3.05, 3.63) is 70.8 Å². The largest absolute Gasteiger partial charge is 0.370 e. The average molecular weight is 295 g/mol. The molecule has 0 bridgehead atoms. The standard InChI is InChI=1S/C19H21NO2/c1-14-10-15(2)12-17(11-14)19(21)20-8-9-22-18(13-20)16-6-4-3-5-7-16/h3-7,10-12,18H,8-9,13H2,1-2H3. The zero-order valence-electron chi connectivity index (χ0n) is 13.1. The van der Waals surface area contributed by atoms with E-state index in [-0.39, 0.29) is 12.0 Å². The number of nitrogens with zero attached hydrogens (tertiary/aromatic N) is 1. The number of carbonyl (C=O) groups is 1. The monoisotopic (exact) mass is 295 g/mol. The summed E-state index contributed by atoms with van der Waals surface area (Å²) in [5, 5.41) is 0. The van der Waals surface area contributed by atoms with Crippen LogP contribution in [0.1, 0.15) is 33.2 Å². The van der Waals surface area contributed by atoms with Gasteiger partial charge in [-0.2, -0.15) is 0 Å². The molecule has 3 heteroatoms. The van der Waals surface area contributed by atoms with Crippen molar-refractivity contribution in [1.82, 2.24) is 4.90 Å². The summed E-state index contributed by atoms with van der Waals surface area (Å²) in [6.45, 7) is 5.88. The fourth-order valence-corrected chi connectivity index (χ4v) is 2.98. The first-order valence-corrected chi connectivity index (χ1v) is 7.67. The van der Waals surface area contributed by atoms with E-state index < -0.39 is 0 Å². The molecule has 2 aromatic carbocycles. The first-order chi connectivity index (χ1) is 10.6. The Hall–Kier alpha value is -2.13. The van der Waals surface area contributed by atoms with E-state index in [2.05, 4.69) is 18.2 Å². The molecule has 0 radical (unpaired) electrons. The summed E-state index contributed by atoms with van der Waals surface area (Å²) in [5.41, 5.74) is 4.14. The summed E-state index contributed by atoms with van der Waals surface area (Å²) in [4.78, 5) is 14.6. The van der Waals surface area contributed by atoms with Crippen molar-refractivity contribution in [3.63, 3.8) is 0 Å². The third-order valence-electron chi connectivity index (χ3n) is 3.99. The number of ether oxygens (including phenoxy) is 1. The van der Waals surface area contributed by atoms with Crippen molar-refractivity contribution in [2.75, 3.05) is 19.7 Å². The molecule has 1 fully saturated rings. The molecule has 1 amide bonds. The van der Waals surface area contributed by atoms with Crippen LogP contribution in [0.5, 0.6) is 0 Å². The Bertz CT molecular complexity index is 646. The van der Waals surface area contributed by atoms with Crippen LogP contribution in [0.3, 0.4) is 0 Å². The van der Waals surface area contributed by atoms with Gasteiger partial charge in [0.05, 0.1) is 13.2 Å². The number of rotatable bonds is 2. The lowest BCUT2D eigenvalue weighted by atomic mass is 10.0. The highest BCUT2D eigenvalue weighted by atomic mass is 16.5. The van der Waals surface area contributed by atoms with Gasteiger partial charge >= 0.3 is 0 Å². The summed E-state index contributed by atoms with van der Waals surface area (Å²) in [5.74, 6) is 0.0935. The first kappa shape index (κ1) is 14.8. The second kappa shape index (κ2) is 6.32. The second-order valence-electron chi connectivity index (χ2n) is 5.90. The number of amides is 1. The summed E-state index contributed by atoms with van der Waals surface area (Å²) in [7, 11) is 0. The smallest absolute Gasteiger partial charge is 0.254 e. The molecule has 114 valence electrons. The molecule has 1 aliphatic heterocycles. The Morgan fingerprint density at radius 1 is 1.09 bits per heavy atom. The molecule has 0 saturated carbocycles. The average Bonchev–Trinajstić information content (AvgIpc) is 2.54. The van der Waals surface area contributed by atoms with Gasteiger partial charge in [0.25, 0.3) is 5.91 Å². The molecule has 1 saturated heterocycles. The Kier molecular flexibility index (Phi) is 4.25. The van der Waals surface area contributed by atoms with Gasteiger partial charge in [-0.3, -0.25) is 4.79 Å². The third-order valence-corrected chi connectivity index (χ3v) is 3.99. The predicted octanol–water partition coefficient (Wildman–Crippen LogP) is 3.52. The molecule has 3 nitrogen and oxygen atoms in total. The molecular weight excluding hydrogens is 274 g/mol. The lowest BCUT2D eigenvalue weighted by molar-refractivity contribution is -0.0228. The zero-order valence-corrected chi connectivity index (χ0v) is 13.1. The third kappa shape index (κ3) is 3.20. The molecular formula is C19H21NO2. The van der Waals surface area contributed by atoms with Crippen molar-refractivity contribution >= 4 is 5.91 Å². The maximum absolute atomic E-state index is 12.8. The normalized spacial score (nSPS) is 18.3. The van der Waals surface area contributed by atoms with Crippen LogP contribution in [0.15, 0.2) is 48.5 Å². The van der Waals surface area contributed by atoms with E-state index in [1.807, 2.05) is 49.1 Å². The van der Waals surface area contributed by atoms with Crippen LogP contribution in [0.25, 0.3) is 0 Å². The van der Waals surface area contributed by atoms with Crippen LogP contribution in [0.2, 0.25) is 0 Å². The molecule has 0 aliphatic carbocycles.